The van der Waals surface area contributed by atoms with Crippen molar-refractivity contribution in [2.24, 2.45) is 0 Å². The first-order valence-corrected chi connectivity index (χ1v) is 7.55. The van der Waals surface area contributed by atoms with E-state index in [1.54, 1.807) is 29.2 Å². The van der Waals surface area contributed by atoms with Crippen LogP contribution in [0.2, 0.25) is 0 Å². The monoisotopic (exact) mass is 317 g/mol. The largest absolute Gasteiger partial charge is 0.481 e. The molecule has 120 valence electrons. The third kappa shape index (κ3) is 4.06. The van der Waals surface area contributed by atoms with Crippen molar-refractivity contribution >= 4 is 5.91 Å². The number of para-hydroxylation sites is 1. The number of carbonyl (C=O) groups excluding carboxylic acids is 1. The van der Waals surface area contributed by atoms with Gasteiger partial charge in [0, 0.05) is 12.6 Å². The molecule has 2 aromatic rings. The lowest BCUT2D eigenvalue weighted by Gasteiger charge is -2.22. The Balaban J connectivity index is 1.63. The van der Waals surface area contributed by atoms with Crippen LogP contribution in [-0.4, -0.2) is 23.5 Å². The van der Waals surface area contributed by atoms with E-state index in [9.17, 15) is 13.6 Å². The van der Waals surface area contributed by atoms with Gasteiger partial charge < -0.3 is 9.64 Å². The molecule has 2 aromatic carbocycles. The van der Waals surface area contributed by atoms with Gasteiger partial charge in [-0.25, -0.2) is 8.78 Å². The zero-order valence-corrected chi connectivity index (χ0v) is 12.5. The van der Waals surface area contributed by atoms with Crippen LogP contribution < -0.4 is 4.74 Å². The van der Waals surface area contributed by atoms with Gasteiger partial charge >= 0.3 is 0 Å². The molecule has 3 nitrogen and oxygen atoms in total. The lowest BCUT2D eigenvalue weighted by Crippen LogP contribution is -2.36. The number of amides is 1. The van der Waals surface area contributed by atoms with Gasteiger partial charge in [-0.3, -0.25) is 4.79 Å². The maximum Gasteiger partial charge on any atom is 0.261 e. The van der Waals surface area contributed by atoms with Crippen LogP contribution in [0.5, 0.6) is 5.75 Å². The van der Waals surface area contributed by atoms with Crippen molar-refractivity contribution in [2.75, 3.05) is 6.61 Å². The van der Waals surface area contributed by atoms with E-state index in [2.05, 4.69) is 0 Å². The summed E-state index contributed by atoms with van der Waals surface area (Å²) in [4.78, 5) is 14.1. The van der Waals surface area contributed by atoms with Gasteiger partial charge in [0.15, 0.2) is 18.2 Å². The van der Waals surface area contributed by atoms with Gasteiger partial charge in [0.05, 0.1) is 0 Å². The maximum absolute atomic E-state index is 13.5. The molecule has 3 rings (SSSR count). The van der Waals surface area contributed by atoms with Crippen molar-refractivity contribution in [1.29, 1.82) is 0 Å². The third-order valence-corrected chi connectivity index (χ3v) is 3.76. The highest BCUT2D eigenvalue weighted by molar-refractivity contribution is 5.78. The fourth-order valence-corrected chi connectivity index (χ4v) is 2.38. The topological polar surface area (TPSA) is 29.5 Å². The summed E-state index contributed by atoms with van der Waals surface area (Å²) in [6.07, 6.45) is 1.90. The first-order valence-electron chi connectivity index (χ1n) is 7.55. The van der Waals surface area contributed by atoms with Crippen LogP contribution >= 0.6 is 0 Å². The van der Waals surface area contributed by atoms with E-state index in [1.807, 2.05) is 0 Å². The van der Waals surface area contributed by atoms with Gasteiger partial charge in [0.2, 0.25) is 0 Å². The first-order chi connectivity index (χ1) is 11.1. The Labute approximate surface area is 133 Å². The molecule has 0 heterocycles. The molecular formula is C18H17F2NO2. The molecule has 0 atom stereocenters. The number of rotatable bonds is 6. The maximum atomic E-state index is 13.5. The predicted molar refractivity (Wildman–Crippen MR) is 81.9 cm³/mol. The predicted octanol–water partition coefficient (Wildman–Crippen LogP) is 3.53. The average Bonchev–Trinajstić information content (AvgIpc) is 3.38. The lowest BCUT2D eigenvalue weighted by atomic mass is 10.2. The normalized spacial score (nSPS) is 13.7. The number of carbonyl (C=O) groups is 1. The fraction of sp³-hybridized carbons (Fsp3) is 0.278. The second kappa shape index (κ2) is 6.77. The van der Waals surface area contributed by atoms with Crippen LogP contribution in [0.4, 0.5) is 8.78 Å². The first kappa shape index (κ1) is 15.5. The highest BCUT2D eigenvalue weighted by Gasteiger charge is 2.32. The molecule has 0 unspecified atom stereocenters. The summed E-state index contributed by atoms with van der Waals surface area (Å²) in [6.45, 7) is 0.197. The van der Waals surface area contributed by atoms with E-state index < -0.39 is 5.82 Å². The highest BCUT2D eigenvalue weighted by Crippen LogP contribution is 2.28. The van der Waals surface area contributed by atoms with Crippen molar-refractivity contribution in [2.45, 2.75) is 25.4 Å². The standard InChI is InChI=1S/C18H17F2NO2/c19-14-7-5-13(6-8-14)11-21(15-9-10-15)18(22)12-23-17-4-2-1-3-16(17)20/h1-8,15H,9-12H2. The second-order valence-electron chi connectivity index (χ2n) is 5.60. The van der Waals surface area contributed by atoms with Crippen LogP contribution in [0, 0.1) is 11.6 Å². The van der Waals surface area contributed by atoms with Crippen molar-refractivity contribution in [3.8, 4) is 5.75 Å². The number of ether oxygens (including phenoxy) is 1. The van der Waals surface area contributed by atoms with E-state index in [0.717, 1.165) is 18.4 Å². The third-order valence-electron chi connectivity index (χ3n) is 3.76. The van der Waals surface area contributed by atoms with Crippen molar-refractivity contribution in [3.05, 3.63) is 65.7 Å². The van der Waals surface area contributed by atoms with Crippen molar-refractivity contribution in [3.63, 3.8) is 0 Å². The Bertz CT molecular complexity index is 684. The van der Waals surface area contributed by atoms with Gasteiger partial charge in [-0.05, 0) is 42.7 Å². The molecular weight excluding hydrogens is 300 g/mol. The minimum Gasteiger partial charge on any atom is -0.481 e. The summed E-state index contributed by atoms with van der Waals surface area (Å²) < 4.78 is 31.8. The number of benzene rings is 2. The number of hydrogen-bond acceptors (Lipinski definition) is 2. The van der Waals surface area contributed by atoms with Crippen molar-refractivity contribution < 1.29 is 18.3 Å². The molecule has 1 amide bonds. The summed E-state index contributed by atoms with van der Waals surface area (Å²) >= 11 is 0. The summed E-state index contributed by atoms with van der Waals surface area (Å²) in [5.74, 6) is -0.920. The Hall–Kier alpha value is -2.43. The Morgan fingerprint density at radius 3 is 2.43 bits per heavy atom. The minimum atomic E-state index is -0.489. The smallest absolute Gasteiger partial charge is 0.261 e. The van der Waals surface area contributed by atoms with Crippen LogP contribution in [0.1, 0.15) is 18.4 Å². The van der Waals surface area contributed by atoms with Gasteiger partial charge in [0.1, 0.15) is 5.82 Å². The summed E-state index contributed by atoms with van der Waals surface area (Å²) in [5, 5.41) is 0. The molecule has 1 aliphatic rings. The minimum absolute atomic E-state index is 0.0679. The molecule has 0 radical (unpaired) electrons. The zero-order valence-electron chi connectivity index (χ0n) is 12.5. The lowest BCUT2D eigenvalue weighted by molar-refractivity contribution is -0.134. The second-order valence-corrected chi connectivity index (χ2v) is 5.60. The number of nitrogens with zero attached hydrogens (tertiary/aromatic N) is 1. The van der Waals surface area contributed by atoms with Gasteiger partial charge in [-0.2, -0.15) is 0 Å². The molecule has 1 saturated carbocycles. The Morgan fingerprint density at radius 2 is 1.78 bits per heavy atom. The summed E-state index contributed by atoms with van der Waals surface area (Å²) in [6, 6.07) is 12.3. The molecule has 1 aliphatic carbocycles. The molecule has 0 N–H and O–H groups in total. The van der Waals surface area contributed by atoms with Crippen LogP contribution in [-0.2, 0) is 11.3 Å². The molecule has 0 spiro atoms. The van der Waals surface area contributed by atoms with Crippen LogP contribution in [0.3, 0.4) is 0 Å². The molecule has 5 heteroatoms. The average molecular weight is 317 g/mol. The Morgan fingerprint density at radius 1 is 1.09 bits per heavy atom. The van der Waals surface area contributed by atoms with E-state index in [0.29, 0.717) is 6.54 Å². The number of hydrogen-bond donors (Lipinski definition) is 0. The van der Waals surface area contributed by atoms with Gasteiger partial charge in [0.25, 0.3) is 5.91 Å². The Kier molecular flexibility index (Phi) is 4.55. The SMILES string of the molecule is O=C(COc1ccccc1F)N(Cc1ccc(F)cc1)C1CC1. The van der Waals surface area contributed by atoms with E-state index in [-0.39, 0.29) is 30.1 Å². The van der Waals surface area contributed by atoms with E-state index in [4.69, 9.17) is 4.74 Å². The fourth-order valence-electron chi connectivity index (χ4n) is 2.38. The van der Waals surface area contributed by atoms with Crippen LogP contribution in [0.25, 0.3) is 0 Å². The van der Waals surface area contributed by atoms with Crippen LogP contribution in [0.15, 0.2) is 48.5 Å². The zero-order chi connectivity index (χ0) is 16.2. The summed E-state index contributed by atoms with van der Waals surface area (Å²) in [5.41, 5.74) is 0.859. The van der Waals surface area contributed by atoms with E-state index in [1.165, 1.54) is 24.3 Å². The molecule has 0 aromatic heterocycles. The van der Waals surface area contributed by atoms with Gasteiger partial charge in [-0.15, -0.1) is 0 Å². The molecule has 0 aliphatic heterocycles. The number of halogens is 2. The molecule has 1 fully saturated rings. The summed E-state index contributed by atoms with van der Waals surface area (Å²) in [7, 11) is 0. The quantitative estimate of drug-likeness (QED) is 0.815. The van der Waals surface area contributed by atoms with Gasteiger partial charge in [-0.1, -0.05) is 24.3 Å². The molecule has 0 bridgehead atoms. The van der Waals surface area contributed by atoms with Crippen molar-refractivity contribution in [1.82, 2.24) is 4.90 Å². The highest BCUT2D eigenvalue weighted by atomic mass is 19.1. The molecule has 0 saturated heterocycles. The van der Waals surface area contributed by atoms with E-state index >= 15 is 0 Å². The molecule has 23 heavy (non-hydrogen) atoms.